The Morgan fingerprint density at radius 1 is 1.14 bits per heavy atom. The van der Waals surface area contributed by atoms with Crippen LogP contribution in [0.15, 0.2) is 51.8 Å². The number of hydrogen-bond donors (Lipinski definition) is 2. The van der Waals surface area contributed by atoms with Gasteiger partial charge < -0.3 is 5.32 Å². The molecule has 0 fully saturated rings. The Kier molecular flexibility index (Phi) is 4.46. The maximum atomic E-state index is 12.3. The molecule has 0 heterocycles. The van der Waals surface area contributed by atoms with Crippen molar-refractivity contribution >= 4 is 37.5 Å². The van der Waals surface area contributed by atoms with Crippen molar-refractivity contribution in [2.75, 3.05) is 5.32 Å². The normalized spacial score (nSPS) is 11.2. The van der Waals surface area contributed by atoms with E-state index < -0.39 is 15.9 Å². The number of hydrogen-bond acceptors (Lipinski definition) is 3. The number of primary sulfonamides is 1. The second-order valence-corrected chi connectivity index (χ2v) is 6.75. The number of rotatable bonds is 3. The number of benzene rings is 2. The average Bonchev–Trinajstić information content (AvgIpc) is 2.41. The van der Waals surface area contributed by atoms with E-state index in [2.05, 4.69) is 21.2 Å². The topological polar surface area (TPSA) is 89.3 Å². The van der Waals surface area contributed by atoms with Crippen LogP contribution in [0.2, 0.25) is 0 Å². The number of aryl methyl sites for hydroxylation is 1. The van der Waals surface area contributed by atoms with Gasteiger partial charge in [-0.3, -0.25) is 4.79 Å². The number of carbonyl (C=O) groups is 1. The number of nitrogens with two attached hydrogens (primary N) is 1. The summed E-state index contributed by atoms with van der Waals surface area (Å²) in [4.78, 5) is 12.2. The van der Waals surface area contributed by atoms with Crippen LogP contribution in [0.4, 0.5) is 5.69 Å². The molecule has 2 aromatic rings. The van der Waals surface area contributed by atoms with E-state index in [9.17, 15) is 13.2 Å². The average molecular weight is 369 g/mol. The van der Waals surface area contributed by atoms with Crippen LogP contribution < -0.4 is 10.5 Å². The lowest BCUT2D eigenvalue weighted by Gasteiger charge is -2.11. The number of carbonyl (C=O) groups excluding carboxylic acids is 1. The lowest BCUT2D eigenvalue weighted by Crippen LogP contribution is -2.18. The molecule has 0 aliphatic heterocycles. The summed E-state index contributed by atoms with van der Waals surface area (Å²) < 4.78 is 23.7. The minimum absolute atomic E-state index is 0.123. The van der Waals surface area contributed by atoms with Gasteiger partial charge in [0.25, 0.3) is 5.91 Å². The van der Waals surface area contributed by atoms with Gasteiger partial charge in [0.05, 0.1) is 11.3 Å². The van der Waals surface area contributed by atoms with Crippen molar-refractivity contribution in [1.29, 1.82) is 0 Å². The number of nitrogens with one attached hydrogen (secondary N) is 1. The van der Waals surface area contributed by atoms with Crippen LogP contribution in [0.1, 0.15) is 15.9 Å². The molecule has 0 radical (unpaired) electrons. The number of sulfonamides is 1. The van der Waals surface area contributed by atoms with E-state index in [1.807, 2.05) is 13.0 Å². The van der Waals surface area contributed by atoms with Crippen molar-refractivity contribution in [1.82, 2.24) is 0 Å². The quantitative estimate of drug-likeness (QED) is 0.872. The smallest absolute Gasteiger partial charge is 0.256 e. The molecule has 21 heavy (non-hydrogen) atoms. The zero-order valence-electron chi connectivity index (χ0n) is 11.1. The molecule has 0 bridgehead atoms. The molecule has 0 aromatic heterocycles. The van der Waals surface area contributed by atoms with E-state index >= 15 is 0 Å². The molecule has 0 saturated carbocycles. The van der Waals surface area contributed by atoms with Crippen molar-refractivity contribution in [3.63, 3.8) is 0 Å². The third-order valence-electron chi connectivity index (χ3n) is 2.88. The number of halogens is 1. The Labute approximate surface area is 131 Å². The van der Waals surface area contributed by atoms with Crippen LogP contribution in [0.3, 0.4) is 0 Å². The molecule has 0 aliphatic carbocycles. The molecule has 0 spiro atoms. The highest BCUT2D eigenvalue weighted by Crippen LogP contribution is 2.24. The van der Waals surface area contributed by atoms with Crippen LogP contribution in [-0.4, -0.2) is 14.3 Å². The summed E-state index contributed by atoms with van der Waals surface area (Å²) in [5.41, 5.74) is 1.47. The minimum Gasteiger partial charge on any atom is -0.321 e. The summed E-state index contributed by atoms with van der Waals surface area (Å²) in [6.45, 7) is 1.86. The van der Waals surface area contributed by atoms with Gasteiger partial charge in [-0.05, 0) is 46.6 Å². The Morgan fingerprint density at radius 3 is 2.48 bits per heavy atom. The Bertz CT molecular complexity index is 804. The van der Waals surface area contributed by atoms with Gasteiger partial charge in [0, 0.05) is 4.47 Å². The largest absolute Gasteiger partial charge is 0.321 e. The van der Waals surface area contributed by atoms with Gasteiger partial charge in [-0.25, -0.2) is 13.6 Å². The Morgan fingerprint density at radius 2 is 1.81 bits per heavy atom. The standard InChI is InChI=1S/C14H13BrN2O3S/c1-9-5-4-6-10(13(9)15)14(18)17-11-7-2-3-8-12(11)21(16,19)20/h2-8H,1H3,(H,17,18)(H2,16,19,20). The molecular weight excluding hydrogens is 356 g/mol. The van der Waals surface area contributed by atoms with Crippen molar-refractivity contribution in [3.05, 3.63) is 58.1 Å². The van der Waals surface area contributed by atoms with Crippen molar-refractivity contribution in [3.8, 4) is 0 Å². The summed E-state index contributed by atoms with van der Waals surface area (Å²) in [6.07, 6.45) is 0. The van der Waals surface area contributed by atoms with Crippen LogP contribution in [0, 0.1) is 6.92 Å². The SMILES string of the molecule is Cc1cccc(C(=O)Nc2ccccc2S(N)(=O)=O)c1Br. The van der Waals surface area contributed by atoms with E-state index in [0.717, 1.165) is 5.56 Å². The summed E-state index contributed by atoms with van der Waals surface area (Å²) in [6, 6.07) is 11.2. The lowest BCUT2D eigenvalue weighted by molar-refractivity contribution is 0.102. The van der Waals surface area contributed by atoms with E-state index in [4.69, 9.17) is 5.14 Å². The predicted octanol–water partition coefficient (Wildman–Crippen LogP) is 2.66. The Balaban J connectivity index is 2.40. The Hall–Kier alpha value is -1.70. The highest BCUT2D eigenvalue weighted by Gasteiger charge is 2.17. The summed E-state index contributed by atoms with van der Waals surface area (Å²) in [5.74, 6) is -0.415. The predicted molar refractivity (Wildman–Crippen MR) is 84.6 cm³/mol. The fraction of sp³-hybridized carbons (Fsp3) is 0.0714. The number of para-hydroxylation sites is 1. The minimum atomic E-state index is -3.91. The van der Waals surface area contributed by atoms with Crippen LogP contribution >= 0.6 is 15.9 Å². The fourth-order valence-electron chi connectivity index (χ4n) is 1.83. The highest BCUT2D eigenvalue weighted by atomic mass is 79.9. The van der Waals surface area contributed by atoms with E-state index in [-0.39, 0.29) is 10.6 Å². The zero-order valence-corrected chi connectivity index (χ0v) is 13.5. The van der Waals surface area contributed by atoms with E-state index in [1.54, 1.807) is 18.2 Å². The number of amides is 1. The molecule has 5 nitrogen and oxygen atoms in total. The lowest BCUT2D eigenvalue weighted by atomic mass is 10.1. The summed E-state index contributed by atoms with van der Waals surface area (Å²) >= 11 is 3.35. The van der Waals surface area contributed by atoms with Gasteiger partial charge in [0.15, 0.2) is 0 Å². The zero-order chi connectivity index (χ0) is 15.6. The summed E-state index contributed by atoms with van der Waals surface area (Å²) in [7, 11) is -3.91. The second kappa shape index (κ2) is 5.97. The van der Waals surface area contributed by atoms with Gasteiger partial charge >= 0.3 is 0 Å². The molecule has 2 aromatic carbocycles. The van der Waals surface area contributed by atoms with Gasteiger partial charge in [-0.15, -0.1) is 0 Å². The van der Waals surface area contributed by atoms with Gasteiger partial charge in [-0.1, -0.05) is 24.3 Å². The van der Waals surface area contributed by atoms with Crippen LogP contribution in [0.5, 0.6) is 0 Å². The van der Waals surface area contributed by atoms with Gasteiger partial charge in [0.1, 0.15) is 4.90 Å². The molecule has 0 unspecified atom stereocenters. The van der Waals surface area contributed by atoms with E-state index in [0.29, 0.717) is 10.0 Å². The molecule has 7 heteroatoms. The van der Waals surface area contributed by atoms with Crippen molar-refractivity contribution < 1.29 is 13.2 Å². The highest BCUT2D eigenvalue weighted by molar-refractivity contribution is 9.10. The van der Waals surface area contributed by atoms with Crippen LogP contribution in [-0.2, 0) is 10.0 Å². The maximum absolute atomic E-state index is 12.3. The van der Waals surface area contributed by atoms with Crippen LogP contribution in [0.25, 0.3) is 0 Å². The summed E-state index contributed by atoms with van der Waals surface area (Å²) in [5, 5.41) is 7.71. The maximum Gasteiger partial charge on any atom is 0.256 e. The molecule has 0 atom stereocenters. The molecular formula is C14H13BrN2O3S. The fourth-order valence-corrected chi connectivity index (χ4v) is 2.97. The second-order valence-electron chi connectivity index (χ2n) is 4.43. The molecule has 0 saturated heterocycles. The van der Waals surface area contributed by atoms with Crippen molar-refractivity contribution in [2.45, 2.75) is 11.8 Å². The van der Waals surface area contributed by atoms with E-state index in [1.165, 1.54) is 18.2 Å². The first-order valence-electron chi connectivity index (χ1n) is 5.99. The van der Waals surface area contributed by atoms with Crippen molar-refractivity contribution in [2.24, 2.45) is 5.14 Å². The first kappa shape index (κ1) is 15.7. The van der Waals surface area contributed by atoms with Gasteiger partial charge in [0.2, 0.25) is 10.0 Å². The molecule has 0 aliphatic rings. The third kappa shape index (κ3) is 3.49. The van der Waals surface area contributed by atoms with Gasteiger partial charge in [-0.2, -0.15) is 0 Å². The molecule has 2 rings (SSSR count). The molecule has 1 amide bonds. The molecule has 3 N–H and O–H groups in total. The monoisotopic (exact) mass is 368 g/mol. The first-order chi connectivity index (χ1) is 9.80. The molecule has 110 valence electrons. The third-order valence-corrected chi connectivity index (χ3v) is 4.90. The first-order valence-corrected chi connectivity index (χ1v) is 8.33. The number of anilines is 1.